The van der Waals surface area contributed by atoms with Crippen LogP contribution in [0.25, 0.3) is 0 Å². The van der Waals surface area contributed by atoms with Gasteiger partial charge in [-0.05, 0) is 63.0 Å². The normalized spacial score (nSPS) is 20.6. The number of hydrogen-bond acceptors (Lipinski definition) is 3. The first kappa shape index (κ1) is 20.9. The first-order valence-electron chi connectivity index (χ1n) is 9.47. The molecule has 4 nitrogen and oxygen atoms in total. The number of hydrogen-bond donors (Lipinski definition) is 1. The van der Waals surface area contributed by atoms with Crippen molar-refractivity contribution in [2.45, 2.75) is 51.1 Å². The Kier molecular flexibility index (Phi) is 5.39. The van der Waals surface area contributed by atoms with Crippen LogP contribution in [0.3, 0.4) is 0 Å². The summed E-state index contributed by atoms with van der Waals surface area (Å²) in [5, 5.41) is 3.10. The van der Waals surface area contributed by atoms with E-state index in [0.29, 0.717) is 5.56 Å². The van der Waals surface area contributed by atoms with Gasteiger partial charge in [-0.3, -0.25) is 4.79 Å². The summed E-state index contributed by atoms with van der Waals surface area (Å²) in [7, 11) is -4.19. The number of carbonyl (C=O) groups excluding carboxylic acids is 1. The van der Waals surface area contributed by atoms with Crippen molar-refractivity contribution in [3.8, 4) is 0 Å². The van der Waals surface area contributed by atoms with Gasteiger partial charge in [0.1, 0.15) is 11.9 Å². The Bertz CT molecular complexity index is 874. The molecule has 150 valence electrons. The number of nitrogens with one attached hydrogen (secondary N) is 1. The first-order valence-corrected chi connectivity index (χ1v) is 16.3. The van der Waals surface area contributed by atoms with Crippen LogP contribution in [-0.4, -0.2) is 22.5 Å². The van der Waals surface area contributed by atoms with E-state index in [1.807, 2.05) is 18.2 Å². The maximum atomic E-state index is 13.6. The second kappa shape index (κ2) is 7.22. The van der Waals surface area contributed by atoms with Gasteiger partial charge in [0.2, 0.25) is 0 Å². The fourth-order valence-electron chi connectivity index (χ4n) is 3.51. The molecule has 0 bridgehead atoms. The lowest BCUT2D eigenvalue weighted by atomic mass is 9.92. The van der Waals surface area contributed by atoms with E-state index < -0.39 is 28.5 Å². The van der Waals surface area contributed by atoms with Gasteiger partial charge < -0.3 is 14.2 Å². The largest absolute Gasteiger partial charge is 0.405 e. The SMILES string of the molecule is C[Si](C)(C)OC(c1ccc(F)cc1)C1(O[Si](C)(C)C)NC(=O)c2ccccc21. The Labute approximate surface area is 168 Å². The molecule has 1 heterocycles. The average molecular weight is 418 g/mol. The number of benzene rings is 2. The second-order valence-corrected chi connectivity index (χ2v) is 18.0. The number of carbonyl (C=O) groups is 1. The molecular weight excluding hydrogens is 389 g/mol. The summed E-state index contributed by atoms with van der Waals surface area (Å²) < 4.78 is 26.9. The lowest BCUT2D eigenvalue weighted by molar-refractivity contribution is -0.0714. The molecule has 3 rings (SSSR count). The maximum absolute atomic E-state index is 13.6. The Morgan fingerprint density at radius 1 is 0.929 bits per heavy atom. The van der Waals surface area contributed by atoms with Crippen molar-refractivity contribution >= 4 is 22.5 Å². The van der Waals surface area contributed by atoms with Crippen molar-refractivity contribution < 1.29 is 18.0 Å². The zero-order valence-electron chi connectivity index (χ0n) is 17.3. The Hall–Kier alpha value is -1.81. The van der Waals surface area contributed by atoms with E-state index in [1.54, 1.807) is 18.2 Å². The highest BCUT2D eigenvalue weighted by Gasteiger charge is 2.53. The molecule has 2 atom stereocenters. The van der Waals surface area contributed by atoms with Crippen LogP contribution < -0.4 is 5.32 Å². The van der Waals surface area contributed by atoms with Gasteiger partial charge in [-0.1, -0.05) is 30.3 Å². The van der Waals surface area contributed by atoms with Crippen molar-refractivity contribution in [2.75, 3.05) is 0 Å². The zero-order valence-corrected chi connectivity index (χ0v) is 19.3. The van der Waals surface area contributed by atoms with Gasteiger partial charge in [0, 0.05) is 11.1 Å². The summed E-state index contributed by atoms with van der Waals surface area (Å²) in [4.78, 5) is 12.8. The van der Waals surface area contributed by atoms with Crippen LogP contribution >= 0.6 is 0 Å². The summed E-state index contributed by atoms with van der Waals surface area (Å²) in [6, 6.07) is 13.7. The monoisotopic (exact) mass is 417 g/mol. The van der Waals surface area contributed by atoms with Crippen molar-refractivity contribution in [3.63, 3.8) is 0 Å². The van der Waals surface area contributed by atoms with Crippen molar-refractivity contribution in [2.24, 2.45) is 0 Å². The van der Waals surface area contributed by atoms with Gasteiger partial charge in [0.25, 0.3) is 5.91 Å². The van der Waals surface area contributed by atoms with E-state index in [0.717, 1.165) is 11.1 Å². The maximum Gasteiger partial charge on any atom is 0.254 e. The second-order valence-electron chi connectivity index (χ2n) is 9.11. The van der Waals surface area contributed by atoms with E-state index in [4.69, 9.17) is 8.85 Å². The highest BCUT2D eigenvalue weighted by molar-refractivity contribution is 6.70. The minimum Gasteiger partial charge on any atom is -0.405 e. The van der Waals surface area contributed by atoms with Gasteiger partial charge >= 0.3 is 0 Å². The molecule has 1 aliphatic rings. The van der Waals surface area contributed by atoms with Crippen LogP contribution in [0.4, 0.5) is 4.39 Å². The van der Waals surface area contributed by atoms with Crippen molar-refractivity contribution in [3.05, 3.63) is 71.0 Å². The molecule has 2 unspecified atom stereocenters. The summed E-state index contributed by atoms with van der Waals surface area (Å²) in [5.74, 6) is -0.494. The predicted octanol–water partition coefficient (Wildman–Crippen LogP) is 5.17. The number of rotatable bonds is 6. The molecule has 1 N–H and O–H groups in total. The molecule has 0 fully saturated rings. The topological polar surface area (TPSA) is 47.6 Å². The van der Waals surface area contributed by atoms with E-state index in [1.165, 1.54) is 12.1 Å². The molecule has 2 aromatic carbocycles. The third kappa shape index (κ3) is 4.27. The third-order valence-corrected chi connectivity index (χ3v) is 6.23. The number of fused-ring (bicyclic) bond motifs is 1. The predicted molar refractivity (Wildman–Crippen MR) is 114 cm³/mol. The quantitative estimate of drug-likeness (QED) is 0.660. The van der Waals surface area contributed by atoms with E-state index in [9.17, 15) is 9.18 Å². The fourth-order valence-corrected chi connectivity index (χ4v) is 5.75. The molecule has 0 aliphatic carbocycles. The molecule has 0 aromatic heterocycles. The Morgan fingerprint density at radius 3 is 2.11 bits per heavy atom. The lowest BCUT2D eigenvalue weighted by Crippen LogP contribution is -2.54. The van der Waals surface area contributed by atoms with Crippen molar-refractivity contribution in [1.82, 2.24) is 5.32 Å². The zero-order chi connectivity index (χ0) is 20.7. The van der Waals surface area contributed by atoms with Gasteiger partial charge in [0.05, 0.1) is 0 Å². The molecular formula is C21H28FNO3Si2. The van der Waals surface area contributed by atoms with E-state index in [-0.39, 0.29) is 11.7 Å². The average Bonchev–Trinajstić information content (AvgIpc) is 2.85. The lowest BCUT2D eigenvalue weighted by Gasteiger charge is -2.44. The van der Waals surface area contributed by atoms with E-state index >= 15 is 0 Å². The van der Waals surface area contributed by atoms with Crippen LogP contribution in [0.15, 0.2) is 48.5 Å². The van der Waals surface area contributed by atoms with Crippen LogP contribution in [0.1, 0.15) is 27.6 Å². The molecule has 7 heteroatoms. The number of halogens is 1. The van der Waals surface area contributed by atoms with Gasteiger partial charge in [-0.2, -0.15) is 0 Å². The van der Waals surface area contributed by atoms with Crippen LogP contribution in [-0.2, 0) is 14.6 Å². The standard InChI is InChI=1S/C21H28FNO3Si2/c1-27(2,3)25-19(15-11-13-16(22)14-12-15)21(26-28(4,5)6)18-10-8-7-9-17(18)20(24)23-21/h7-14,19H,1-6H3,(H,23,24). The number of amides is 1. The first-order chi connectivity index (χ1) is 12.9. The summed E-state index contributed by atoms with van der Waals surface area (Å²) in [5.41, 5.74) is 0.997. The molecule has 1 aliphatic heterocycles. The van der Waals surface area contributed by atoms with Gasteiger partial charge in [-0.25, -0.2) is 4.39 Å². The Morgan fingerprint density at radius 2 is 1.54 bits per heavy atom. The van der Waals surface area contributed by atoms with Crippen molar-refractivity contribution in [1.29, 1.82) is 0 Å². The Balaban J connectivity index is 2.24. The molecule has 0 spiro atoms. The summed E-state index contributed by atoms with van der Waals surface area (Å²) in [6.45, 7) is 12.5. The van der Waals surface area contributed by atoms with Gasteiger partial charge in [0.15, 0.2) is 22.4 Å². The molecule has 28 heavy (non-hydrogen) atoms. The van der Waals surface area contributed by atoms with E-state index in [2.05, 4.69) is 44.6 Å². The molecule has 1 amide bonds. The third-order valence-electron chi connectivity index (χ3n) is 4.35. The molecule has 0 radical (unpaired) electrons. The summed E-state index contributed by atoms with van der Waals surface area (Å²) >= 11 is 0. The minimum absolute atomic E-state index is 0.180. The molecule has 2 aromatic rings. The van der Waals surface area contributed by atoms with Crippen LogP contribution in [0.5, 0.6) is 0 Å². The smallest absolute Gasteiger partial charge is 0.254 e. The van der Waals surface area contributed by atoms with Crippen LogP contribution in [0, 0.1) is 5.82 Å². The minimum atomic E-state index is -2.13. The highest BCUT2D eigenvalue weighted by Crippen LogP contribution is 2.46. The molecule has 0 saturated carbocycles. The van der Waals surface area contributed by atoms with Gasteiger partial charge in [-0.15, -0.1) is 0 Å². The summed E-state index contributed by atoms with van der Waals surface area (Å²) in [6.07, 6.45) is -0.584. The molecule has 0 saturated heterocycles. The highest BCUT2D eigenvalue weighted by atomic mass is 28.4. The fraction of sp³-hybridized carbons (Fsp3) is 0.381. The van der Waals surface area contributed by atoms with Crippen LogP contribution in [0.2, 0.25) is 39.3 Å².